The van der Waals surface area contributed by atoms with Crippen molar-refractivity contribution in [3.05, 3.63) is 22.3 Å². The third-order valence-electron chi connectivity index (χ3n) is 2.96. The van der Waals surface area contributed by atoms with Gasteiger partial charge in [-0.05, 0) is 42.3 Å². The van der Waals surface area contributed by atoms with E-state index >= 15 is 0 Å². The number of rotatable bonds is 2. The summed E-state index contributed by atoms with van der Waals surface area (Å²) in [5.74, 6) is 0.706. The quantitative estimate of drug-likeness (QED) is 0.838. The minimum atomic E-state index is 0.210. The Labute approximate surface area is 111 Å². The van der Waals surface area contributed by atoms with Crippen molar-refractivity contribution in [2.75, 3.05) is 0 Å². The summed E-state index contributed by atoms with van der Waals surface area (Å²) >= 11 is 3.44. The van der Waals surface area contributed by atoms with Crippen LogP contribution < -0.4 is 4.74 Å². The Hall–Kier alpha value is -0.610. The summed E-state index contributed by atoms with van der Waals surface area (Å²) in [4.78, 5) is 4.27. The van der Waals surface area contributed by atoms with Gasteiger partial charge in [0.1, 0.15) is 6.10 Å². The molecule has 1 aromatic rings. The van der Waals surface area contributed by atoms with Crippen LogP contribution in [-0.2, 0) is 4.74 Å². The number of aromatic nitrogens is 1. The van der Waals surface area contributed by atoms with Crippen molar-refractivity contribution in [3.8, 4) is 5.88 Å². The lowest BCUT2D eigenvalue weighted by Crippen LogP contribution is -2.35. The first-order valence-electron chi connectivity index (χ1n) is 5.99. The van der Waals surface area contributed by atoms with E-state index in [1.165, 1.54) is 0 Å². The van der Waals surface area contributed by atoms with E-state index in [1.807, 2.05) is 13.0 Å². The first-order chi connectivity index (χ1) is 8.04. The van der Waals surface area contributed by atoms with Crippen LogP contribution in [0.3, 0.4) is 0 Å². The molecule has 2 heterocycles. The molecule has 2 atom stereocenters. The van der Waals surface area contributed by atoms with Crippen molar-refractivity contribution in [1.29, 1.82) is 0 Å². The van der Waals surface area contributed by atoms with Crippen molar-refractivity contribution in [1.82, 2.24) is 4.98 Å². The monoisotopic (exact) mass is 299 g/mol. The van der Waals surface area contributed by atoms with Gasteiger partial charge in [0.2, 0.25) is 5.88 Å². The highest BCUT2D eigenvalue weighted by Crippen LogP contribution is 2.25. The molecular weight excluding hydrogens is 282 g/mol. The zero-order chi connectivity index (χ0) is 12.4. The maximum atomic E-state index is 5.92. The van der Waals surface area contributed by atoms with Gasteiger partial charge in [-0.25, -0.2) is 4.98 Å². The molecule has 1 saturated heterocycles. The molecule has 17 heavy (non-hydrogen) atoms. The van der Waals surface area contributed by atoms with E-state index in [-0.39, 0.29) is 18.3 Å². The van der Waals surface area contributed by atoms with Crippen LogP contribution in [0.25, 0.3) is 0 Å². The number of pyridine rings is 1. The molecule has 0 amide bonds. The zero-order valence-electron chi connectivity index (χ0n) is 10.4. The lowest BCUT2D eigenvalue weighted by atomic mass is 10.0. The molecule has 4 heteroatoms. The van der Waals surface area contributed by atoms with Crippen molar-refractivity contribution in [2.24, 2.45) is 0 Å². The standard InChI is InChI=1S/C13H18BrNO2/c1-8-4-13(15-7-12(8)14)17-11-5-9(2)16-10(3)6-11/h4,7,9-11H,5-6H2,1-3H3. The first-order valence-corrected chi connectivity index (χ1v) is 6.78. The zero-order valence-corrected chi connectivity index (χ0v) is 12.0. The second-order valence-electron chi connectivity index (χ2n) is 4.74. The minimum absolute atomic E-state index is 0.210. The van der Waals surface area contributed by atoms with Gasteiger partial charge < -0.3 is 9.47 Å². The van der Waals surface area contributed by atoms with Crippen molar-refractivity contribution in [3.63, 3.8) is 0 Å². The maximum Gasteiger partial charge on any atom is 0.213 e. The second-order valence-corrected chi connectivity index (χ2v) is 5.59. The topological polar surface area (TPSA) is 31.4 Å². The third kappa shape index (κ3) is 3.42. The van der Waals surface area contributed by atoms with Gasteiger partial charge in [0.25, 0.3) is 0 Å². The Balaban J connectivity index is 2.02. The lowest BCUT2D eigenvalue weighted by molar-refractivity contribution is -0.0729. The summed E-state index contributed by atoms with van der Waals surface area (Å²) in [6.45, 7) is 6.21. The van der Waals surface area contributed by atoms with Gasteiger partial charge in [0.05, 0.1) is 12.2 Å². The third-order valence-corrected chi connectivity index (χ3v) is 3.79. The molecule has 0 spiro atoms. The number of nitrogens with zero attached hydrogens (tertiary/aromatic N) is 1. The molecule has 2 unspecified atom stereocenters. The summed E-state index contributed by atoms with van der Waals surface area (Å²) in [7, 11) is 0. The van der Waals surface area contributed by atoms with Gasteiger partial charge in [-0.3, -0.25) is 0 Å². The predicted molar refractivity (Wildman–Crippen MR) is 70.3 cm³/mol. The molecule has 0 N–H and O–H groups in total. The van der Waals surface area contributed by atoms with Gasteiger partial charge in [0.15, 0.2) is 0 Å². The van der Waals surface area contributed by atoms with Crippen molar-refractivity contribution >= 4 is 15.9 Å². The summed E-state index contributed by atoms with van der Waals surface area (Å²) in [6, 6.07) is 1.97. The molecule has 0 radical (unpaired) electrons. The van der Waals surface area contributed by atoms with Crippen LogP contribution in [0.15, 0.2) is 16.7 Å². The number of halogens is 1. The van der Waals surface area contributed by atoms with Crippen LogP contribution in [0.5, 0.6) is 5.88 Å². The minimum Gasteiger partial charge on any atom is -0.474 e. The fraction of sp³-hybridized carbons (Fsp3) is 0.615. The van der Waals surface area contributed by atoms with E-state index in [0.29, 0.717) is 5.88 Å². The highest BCUT2D eigenvalue weighted by molar-refractivity contribution is 9.10. The molecule has 1 aromatic heterocycles. The highest BCUT2D eigenvalue weighted by atomic mass is 79.9. The molecule has 0 aromatic carbocycles. The fourth-order valence-corrected chi connectivity index (χ4v) is 2.41. The molecule has 0 aliphatic carbocycles. The van der Waals surface area contributed by atoms with Gasteiger partial charge in [-0.1, -0.05) is 0 Å². The average molecular weight is 300 g/mol. The number of ether oxygens (including phenoxy) is 2. The summed E-state index contributed by atoms with van der Waals surface area (Å²) < 4.78 is 12.6. The van der Waals surface area contributed by atoms with E-state index in [9.17, 15) is 0 Å². The van der Waals surface area contributed by atoms with Gasteiger partial charge in [-0.15, -0.1) is 0 Å². The average Bonchev–Trinajstić information content (AvgIpc) is 2.22. The SMILES string of the molecule is Cc1cc(OC2CC(C)OC(C)C2)ncc1Br. The Morgan fingerprint density at radius 2 is 2.00 bits per heavy atom. The Morgan fingerprint density at radius 3 is 2.59 bits per heavy atom. The van der Waals surface area contributed by atoms with Crippen molar-refractivity contribution < 1.29 is 9.47 Å². The number of hydrogen-bond donors (Lipinski definition) is 0. The Bertz CT molecular complexity index is 387. The summed E-state index contributed by atoms with van der Waals surface area (Å²) in [5, 5.41) is 0. The molecule has 1 aliphatic rings. The lowest BCUT2D eigenvalue weighted by Gasteiger charge is -2.31. The van der Waals surface area contributed by atoms with Crippen LogP contribution >= 0.6 is 15.9 Å². The Morgan fingerprint density at radius 1 is 1.35 bits per heavy atom. The molecular formula is C13H18BrNO2. The maximum absolute atomic E-state index is 5.92. The van der Waals surface area contributed by atoms with E-state index in [4.69, 9.17) is 9.47 Å². The fourth-order valence-electron chi connectivity index (χ4n) is 2.19. The largest absolute Gasteiger partial charge is 0.474 e. The number of hydrogen-bond acceptors (Lipinski definition) is 3. The van der Waals surface area contributed by atoms with E-state index in [2.05, 4.69) is 34.8 Å². The van der Waals surface area contributed by atoms with Crippen LogP contribution in [0.4, 0.5) is 0 Å². The van der Waals surface area contributed by atoms with Crippen molar-refractivity contribution in [2.45, 2.75) is 51.9 Å². The molecule has 3 nitrogen and oxygen atoms in total. The van der Waals surface area contributed by atoms with Crippen LogP contribution in [0.1, 0.15) is 32.3 Å². The smallest absolute Gasteiger partial charge is 0.213 e. The second kappa shape index (κ2) is 5.36. The molecule has 0 saturated carbocycles. The molecule has 0 bridgehead atoms. The first kappa shape index (κ1) is 12.8. The molecule has 1 aliphatic heterocycles. The van der Waals surface area contributed by atoms with E-state index in [0.717, 1.165) is 22.9 Å². The molecule has 94 valence electrons. The van der Waals surface area contributed by atoms with E-state index in [1.54, 1.807) is 6.20 Å². The molecule has 2 rings (SSSR count). The van der Waals surface area contributed by atoms with Crippen LogP contribution in [-0.4, -0.2) is 23.3 Å². The van der Waals surface area contributed by atoms with Crippen LogP contribution in [0, 0.1) is 6.92 Å². The normalized spacial score (nSPS) is 29.1. The summed E-state index contributed by atoms with van der Waals surface area (Å²) in [5.41, 5.74) is 1.14. The van der Waals surface area contributed by atoms with Crippen LogP contribution in [0.2, 0.25) is 0 Å². The highest BCUT2D eigenvalue weighted by Gasteiger charge is 2.26. The van der Waals surface area contributed by atoms with E-state index < -0.39 is 0 Å². The van der Waals surface area contributed by atoms with Gasteiger partial charge in [-0.2, -0.15) is 0 Å². The van der Waals surface area contributed by atoms with Gasteiger partial charge in [0, 0.05) is 29.6 Å². The number of aryl methyl sites for hydroxylation is 1. The summed E-state index contributed by atoms with van der Waals surface area (Å²) in [6.07, 6.45) is 4.39. The van der Waals surface area contributed by atoms with Gasteiger partial charge >= 0.3 is 0 Å². The predicted octanol–water partition coefficient (Wildman–Crippen LogP) is 3.49. The molecule has 1 fully saturated rings. The Kier molecular flexibility index (Phi) is 4.05.